The molecule has 11 heteroatoms. The molecule has 6 N–H and O–H groups in total. The van der Waals surface area contributed by atoms with Gasteiger partial charge in [0.2, 0.25) is 0 Å². The lowest BCUT2D eigenvalue weighted by atomic mass is 10.2. The van der Waals surface area contributed by atoms with Crippen LogP contribution >= 0.6 is 12.4 Å². The SMILES string of the molecule is CN=C(NC)c1ccc(NC(=O)Nc2ccc(NC(=O)Nc3ccc(C(=NC)NC)cc3)cc2)cc1.Cl. The molecule has 0 unspecified atom stereocenters. The number of hydrogen-bond acceptors (Lipinski definition) is 4. The number of amidine groups is 2. The van der Waals surface area contributed by atoms with Crippen LogP contribution in [0.5, 0.6) is 0 Å². The van der Waals surface area contributed by atoms with Gasteiger partial charge in [-0.3, -0.25) is 9.98 Å². The van der Waals surface area contributed by atoms with Crippen molar-refractivity contribution in [3.05, 3.63) is 83.9 Å². The van der Waals surface area contributed by atoms with Crippen LogP contribution in [0.1, 0.15) is 11.1 Å². The molecule has 0 bridgehead atoms. The van der Waals surface area contributed by atoms with Crippen LogP contribution in [0.4, 0.5) is 32.3 Å². The van der Waals surface area contributed by atoms with Crippen molar-refractivity contribution in [2.75, 3.05) is 49.5 Å². The zero-order valence-electron chi connectivity index (χ0n) is 21.0. The van der Waals surface area contributed by atoms with Gasteiger partial charge in [0.25, 0.3) is 0 Å². The van der Waals surface area contributed by atoms with E-state index in [2.05, 4.69) is 41.9 Å². The molecule has 3 aromatic rings. The summed E-state index contributed by atoms with van der Waals surface area (Å²) in [5.74, 6) is 1.52. The highest BCUT2D eigenvalue weighted by atomic mass is 35.5. The summed E-state index contributed by atoms with van der Waals surface area (Å²) in [5, 5.41) is 17.1. The van der Waals surface area contributed by atoms with Crippen molar-refractivity contribution in [1.82, 2.24) is 10.6 Å². The van der Waals surface area contributed by atoms with Crippen LogP contribution in [-0.4, -0.2) is 51.9 Å². The molecule has 0 saturated carbocycles. The fraction of sp³-hybridized carbons (Fsp3) is 0.154. The number of nitrogens with zero attached hydrogens (tertiary/aromatic N) is 2. The molecule has 0 saturated heterocycles. The first-order valence-electron chi connectivity index (χ1n) is 11.2. The van der Waals surface area contributed by atoms with E-state index in [-0.39, 0.29) is 24.5 Å². The van der Waals surface area contributed by atoms with Crippen molar-refractivity contribution >= 4 is 58.9 Å². The molecule has 0 fully saturated rings. The van der Waals surface area contributed by atoms with Gasteiger partial charge in [-0.2, -0.15) is 0 Å². The number of carbonyl (C=O) groups is 2. The van der Waals surface area contributed by atoms with Gasteiger partial charge in [-0.15, -0.1) is 12.4 Å². The predicted octanol–water partition coefficient (Wildman–Crippen LogP) is 4.59. The van der Waals surface area contributed by atoms with Crippen molar-refractivity contribution < 1.29 is 9.59 Å². The molecule has 3 rings (SSSR count). The molecule has 0 aliphatic heterocycles. The number of benzene rings is 3. The van der Waals surface area contributed by atoms with E-state index in [1.807, 2.05) is 24.3 Å². The van der Waals surface area contributed by atoms with Crippen LogP contribution in [0.25, 0.3) is 0 Å². The number of rotatable bonds is 6. The zero-order valence-corrected chi connectivity index (χ0v) is 21.9. The van der Waals surface area contributed by atoms with Gasteiger partial charge in [0, 0.05) is 62.1 Å². The van der Waals surface area contributed by atoms with Crippen molar-refractivity contribution in [3.8, 4) is 0 Å². The van der Waals surface area contributed by atoms with Crippen LogP contribution in [0.3, 0.4) is 0 Å². The summed E-state index contributed by atoms with van der Waals surface area (Å²) < 4.78 is 0. The van der Waals surface area contributed by atoms with Gasteiger partial charge in [-0.05, 0) is 72.8 Å². The summed E-state index contributed by atoms with van der Waals surface area (Å²) in [5.41, 5.74) is 4.30. The number of nitrogens with one attached hydrogen (secondary N) is 6. The topological polar surface area (TPSA) is 131 Å². The molecule has 0 aliphatic rings. The Morgan fingerprint density at radius 1 is 0.514 bits per heavy atom. The molecule has 0 aromatic heterocycles. The molecule has 0 aliphatic carbocycles. The highest BCUT2D eigenvalue weighted by molar-refractivity contribution is 6.03. The number of hydrogen-bond donors (Lipinski definition) is 6. The largest absolute Gasteiger partial charge is 0.373 e. The average molecular weight is 523 g/mol. The van der Waals surface area contributed by atoms with Crippen LogP contribution in [0, 0.1) is 0 Å². The second-order valence-electron chi connectivity index (χ2n) is 7.53. The van der Waals surface area contributed by atoms with Crippen molar-refractivity contribution in [3.63, 3.8) is 0 Å². The number of amides is 4. The number of carbonyl (C=O) groups excluding carboxylic acids is 2. The Labute approximate surface area is 222 Å². The zero-order chi connectivity index (χ0) is 25.9. The second-order valence-corrected chi connectivity index (χ2v) is 7.53. The Morgan fingerprint density at radius 3 is 0.973 bits per heavy atom. The fourth-order valence-electron chi connectivity index (χ4n) is 3.42. The maximum Gasteiger partial charge on any atom is 0.323 e. The van der Waals surface area contributed by atoms with Crippen molar-refractivity contribution in [2.24, 2.45) is 9.98 Å². The molecule has 3 aromatic carbocycles. The molecule has 10 nitrogen and oxygen atoms in total. The highest BCUT2D eigenvalue weighted by Gasteiger charge is 2.07. The molecule has 0 atom stereocenters. The van der Waals surface area contributed by atoms with E-state index in [4.69, 9.17) is 0 Å². The van der Waals surface area contributed by atoms with E-state index < -0.39 is 0 Å². The van der Waals surface area contributed by atoms with Gasteiger partial charge in [-0.1, -0.05) is 0 Å². The molecule has 0 heterocycles. The highest BCUT2D eigenvalue weighted by Crippen LogP contribution is 2.16. The number of anilines is 4. The van der Waals surface area contributed by atoms with Crippen LogP contribution < -0.4 is 31.9 Å². The Hall–Kier alpha value is -4.57. The third-order valence-corrected chi connectivity index (χ3v) is 5.15. The van der Waals surface area contributed by atoms with Gasteiger partial charge >= 0.3 is 12.1 Å². The minimum absolute atomic E-state index is 0. The average Bonchev–Trinajstić information content (AvgIpc) is 2.88. The summed E-state index contributed by atoms with van der Waals surface area (Å²) in [6.07, 6.45) is 0. The first kappa shape index (κ1) is 28.7. The van der Waals surface area contributed by atoms with E-state index >= 15 is 0 Å². The first-order valence-corrected chi connectivity index (χ1v) is 11.2. The van der Waals surface area contributed by atoms with Gasteiger partial charge in [0.05, 0.1) is 0 Å². The van der Waals surface area contributed by atoms with Crippen molar-refractivity contribution in [1.29, 1.82) is 0 Å². The lowest BCUT2D eigenvalue weighted by Crippen LogP contribution is -2.21. The molecule has 194 valence electrons. The Morgan fingerprint density at radius 2 is 0.757 bits per heavy atom. The van der Waals surface area contributed by atoms with Gasteiger partial charge in [0.1, 0.15) is 11.7 Å². The molecular formula is C26H31ClN8O2. The lowest BCUT2D eigenvalue weighted by molar-refractivity contribution is 0.261. The van der Waals surface area contributed by atoms with Gasteiger partial charge < -0.3 is 31.9 Å². The quantitative estimate of drug-likeness (QED) is 0.209. The normalized spacial score (nSPS) is 11.0. The smallest absolute Gasteiger partial charge is 0.323 e. The number of urea groups is 2. The lowest BCUT2D eigenvalue weighted by Gasteiger charge is -2.11. The summed E-state index contributed by atoms with van der Waals surface area (Å²) in [6, 6.07) is 20.7. The molecule has 4 amide bonds. The Bertz CT molecular complexity index is 1140. The molecule has 37 heavy (non-hydrogen) atoms. The van der Waals surface area contributed by atoms with Gasteiger partial charge in [0.15, 0.2) is 0 Å². The Balaban J connectivity index is 0.00000481. The van der Waals surface area contributed by atoms with E-state index in [9.17, 15) is 9.59 Å². The standard InChI is InChI=1S/C26H30N8O2.ClH/c1-27-23(28-2)17-5-9-19(10-6-17)31-25(35)33-21-13-15-22(16-14-21)34-26(36)32-20-11-7-18(8-12-20)24(29-3)30-4;/h5-16H,1-4H3,(H,27,28)(H,29,30)(H2,31,33,35)(H2,32,34,36);1H. The van der Waals surface area contributed by atoms with E-state index in [1.54, 1.807) is 76.7 Å². The minimum Gasteiger partial charge on any atom is -0.373 e. The Kier molecular flexibility index (Phi) is 10.9. The summed E-state index contributed by atoms with van der Waals surface area (Å²) in [6.45, 7) is 0. The van der Waals surface area contributed by atoms with Crippen LogP contribution in [-0.2, 0) is 0 Å². The number of aliphatic imine (C=N–C) groups is 2. The number of halogens is 1. The fourth-order valence-corrected chi connectivity index (χ4v) is 3.42. The summed E-state index contributed by atoms with van der Waals surface area (Å²) in [7, 11) is 7.02. The van der Waals surface area contributed by atoms with E-state index in [1.165, 1.54) is 0 Å². The second kappa shape index (κ2) is 14.1. The molecular weight excluding hydrogens is 492 g/mol. The maximum absolute atomic E-state index is 12.3. The monoisotopic (exact) mass is 522 g/mol. The van der Waals surface area contributed by atoms with Gasteiger partial charge in [-0.25, -0.2) is 9.59 Å². The van der Waals surface area contributed by atoms with E-state index in [0.29, 0.717) is 22.7 Å². The minimum atomic E-state index is -0.378. The summed E-state index contributed by atoms with van der Waals surface area (Å²) in [4.78, 5) is 33.0. The van der Waals surface area contributed by atoms with E-state index in [0.717, 1.165) is 22.8 Å². The summed E-state index contributed by atoms with van der Waals surface area (Å²) >= 11 is 0. The third kappa shape index (κ3) is 8.25. The van der Waals surface area contributed by atoms with Crippen LogP contribution in [0.2, 0.25) is 0 Å². The molecule has 0 spiro atoms. The first-order chi connectivity index (χ1) is 17.4. The molecule has 0 radical (unpaired) electrons. The van der Waals surface area contributed by atoms with Crippen LogP contribution in [0.15, 0.2) is 82.8 Å². The predicted molar refractivity (Wildman–Crippen MR) is 155 cm³/mol. The third-order valence-electron chi connectivity index (χ3n) is 5.15. The van der Waals surface area contributed by atoms with Crippen molar-refractivity contribution in [2.45, 2.75) is 0 Å². The maximum atomic E-state index is 12.3.